The number of amides is 1. The first-order valence-electron chi connectivity index (χ1n) is 10.6. The third-order valence-electron chi connectivity index (χ3n) is 5.57. The average molecular weight is 551 g/mol. The van der Waals surface area contributed by atoms with Gasteiger partial charge in [0.25, 0.3) is 5.91 Å². The SMILES string of the molecule is Cc1cc(Br)ccc1N1C(=O)/C(=C/c2ccc(-c3cc(Cl)ccc3Cl)o2)C=C1c1ccccc1. The number of nitrogens with zero attached hydrogens (tertiary/aromatic N) is 1. The van der Waals surface area contributed by atoms with Gasteiger partial charge in [-0.25, -0.2) is 0 Å². The van der Waals surface area contributed by atoms with Crippen LogP contribution < -0.4 is 4.90 Å². The van der Waals surface area contributed by atoms with E-state index in [1.54, 1.807) is 29.2 Å². The van der Waals surface area contributed by atoms with Gasteiger partial charge in [-0.05, 0) is 78.7 Å². The summed E-state index contributed by atoms with van der Waals surface area (Å²) in [6.45, 7) is 1.99. The summed E-state index contributed by atoms with van der Waals surface area (Å²) in [6.07, 6.45) is 3.65. The van der Waals surface area contributed by atoms with Gasteiger partial charge in [-0.15, -0.1) is 0 Å². The largest absolute Gasteiger partial charge is 0.457 e. The van der Waals surface area contributed by atoms with Crippen LogP contribution in [-0.2, 0) is 4.79 Å². The van der Waals surface area contributed by atoms with E-state index >= 15 is 0 Å². The lowest BCUT2D eigenvalue weighted by Crippen LogP contribution is -2.25. The minimum atomic E-state index is -0.122. The molecule has 3 aromatic carbocycles. The molecule has 6 heteroatoms. The van der Waals surface area contributed by atoms with Crippen molar-refractivity contribution in [1.29, 1.82) is 0 Å². The molecule has 0 radical (unpaired) electrons. The third kappa shape index (κ3) is 4.37. The Kier molecular flexibility index (Phi) is 6.22. The van der Waals surface area contributed by atoms with Crippen LogP contribution in [0.15, 0.2) is 99.4 Å². The number of benzene rings is 3. The fraction of sp³-hybridized carbons (Fsp3) is 0.0357. The van der Waals surface area contributed by atoms with Crippen LogP contribution in [0.2, 0.25) is 10.0 Å². The molecule has 4 aromatic rings. The van der Waals surface area contributed by atoms with Gasteiger partial charge in [-0.3, -0.25) is 9.69 Å². The molecule has 34 heavy (non-hydrogen) atoms. The van der Waals surface area contributed by atoms with E-state index < -0.39 is 0 Å². The maximum Gasteiger partial charge on any atom is 0.263 e. The van der Waals surface area contributed by atoms with Gasteiger partial charge in [-0.2, -0.15) is 0 Å². The fourth-order valence-electron chi connectivity index (χ4n) is 3.96. The van der Waals surface area contributed by atoms with Gasteiger partial charge < -0.3 is 4.42 Å². The van der Waals surface area contributed by atoms with Gasteiger partial charge in [0.05, 0.1) is 16.4 Å². The van der Waals surface area contributed by atoms with Crippen molar-refractivity contribution in [3.05, 3.63) is 122 Å². The lowest BCUT2D eigenvalue weighted by molar-refractivity contribution is -0.113. The average Bonchev–Trinajstić information content (AvgIpc) is 3.41. The number of rotatable bonds is 4. The summed E-state index contributed by atoms with van der Waals surface area (Å²) in [6, 6.07) is 24.6. The van der Waals surface area contributed by atoms with Gasteiger partial charge in [0.15, 0.2) is 0 Å². The Morgan fingerprint density at radius 2 is 1.74 bits per heavy atom. The molecule has 1 aliphatic heterocycles. The number of halogens is 3. The van der Waals surface area contributed by atoms with Crippen molar-refractivity contribution in [1.82, 2.24) is 0 Å². The predicted molar refractivity (Wildman–Crippen MR) is 143 cm³/mol. The highest BCUT2D eigenvalue weighted by Gasteiger charge is 2.31. The first-order valence-corrected chi connectivity index (χ1v) is 12.1. The molecule has 0 saturated carbocycles. The van der Waals surface area contributed by atoms with Crippen LogP contribution in [0, 0.1) is 6.92 Å². The maximum atomic E-state index is 13.6. The maximum absolute atomic E-state index is 13.6. The number of carbonyl (C=O) groups is 1. The van der Waals surface area contributed by atoms with Gasteiger partial charge in [0.1, 0.15) is 11.5 Å². The molecule has 0 saturated heterocycles. The van der Waals surface area contributed by atoms with Crippen molar-refractivity contribution in [2.45, 2.75) is 6.92 Å². The topological polar surface area (TPSA) is 33.5 Å². The van der Waals surface area contributed by atoms with Crippen molar-refractivity contribution in [2.75, 3.05) is 4.90 Å². The van der Waals surface area contributed by atoms with Crippen LogP contribution in [0.3, 0.4) is 0 Å². The smallest absolute Gasteiger partial charge is 0.263 e. The summed E-state index contributed by atoms with van der Waals surface area (Å²) in [4.78, 5) is 15.4. The number of hydrogen-bond donors (Lipinski definition) is 0. The van der Waals surface area contributed by atoms with E-state index in [9.17, 15) is 4.79 Å². The highest BCUT2D eigenvalue weighted by Crippen LogP contribution is 2.38. The van der Waals surface area contributed by atoms with Crippen molar-refractivity contribution < 1.29 is 9.21 Å². The molecule has 5 rings (SSSR count). The van der Waals surface area contributed by atoms with E-state index in [1.165, 1.54) is 0 Å². The molecule has 0 spiro atoms. The van der Waals surface area contributed by atoms with Crippen molar-refractivity contribution in [3.8, 4) is 11.3 Å². The molecule has 168 valence electrons. The van der Waals surface area contributed by atoms with Crippen LogP contribution in [0.4, 0.5) is 5.69 Å². The zero-order chi connectivity index (χ0) is 23.8. The zero-order valence-corrected chi connectivity index (χ0v) is 21.2. The number of carbonyl (C=O) groups excluding carboxylic acids is 1. The molecule has 0 bridgehead atoms. The highest BCUT2D eigenvalue weighted by atomic mass is 79.9. The van der Waals surface area contributed by atoms with E-state index in [0.717, 1.165) is 27.0 Å². The first kappa shape index (κ1) is 22.7. The summed E-state index contributed by atoms with van der Waals surface area (Å²) in [5, 5.41) is 1.11. The van der Waals surface area contributed by atoms with E-state index in [4.69, 9.17) is 27.6 Å². The molecule has 0 fully saturated rings. The molecule has 0 N–H and O–H groups in total. The summed E-state index contributed by atoms with van der Waals surface area (Å²) in [7, 11) is 0. The number of furan rings is 1. The second kappa shape index (κ2) is 9.30. The minimum absolute atomic E-state index is 0.122. The summed E-state index contributed by atoms with van der Waals surface area (Å²) >= 11 is 16.0. The molecule has 1 amide bonds. The normalized spacial score (nSPS) is 14.7. The number of aryl methyl sites for hydroxylation is 1. The third-order valence-corrected chi connectivity index (χ3v) is 6.63. The van der Waals surface area contributed by atoms with Crippen LogP contribution in [0.25, 0.3) is 23.1 Å². The monoisotopic (exact) mass is 549 g/mol. The van der Waals surface area contributed by atoms with E-state index in [2.05, 4.69) is 15.9 Å². The number of anilines is 1. The standard InChI is InChI=1S/C28H18BrCl2NO2/c1-17-13-20(29)7-11-25(17)32-26(18-5-3-2-4-6-18)15-19(28(32)33)14-22-9-12-27(34-22)23-16-21(30)8-10-24(23)31/h2-16H,1H3/b19-14+. The van der Waals surface area contributed by atoms with Crippen molar-refractivity contribution in [3.63, 3.8) is 0 Å². The van der Waals surface area contributed by atoms with Gasteiger partial charge in [0, 0.05) is 20.6 Å². The molecule has 0 atom stereocenters. The van der Waals surface area contributed by atoms with Crippen LogP contribution in [-0.4, -0.2) is 5.91 Å². The van der Waals surface area contributed by atoms with Gasteiger partial charge in [0.2, 0.25) is 0 Å². The minimum Gasteiger partial charge on any atom is -0.457 e. The molecule has 1 aliphatic rings. The molecule has 2 heterocycles. The Morgan fingerprint density at radius 1 is 0.941 bits per heavy atom. The van der Waals surface area contributed by atoms with Crippen LogP contribution in [0.1, 0.15) is 16.9 Å². The molecule has 0 aliphatic carbocycles. The Morgan fingerprint density at radius 3 is 2.50 bits per heavy atom. The van der Waals surface area contributed by atoms with E-state index in [-0.39, 0.29) is 5.91 Å². The predicted octanol–water partition coefficient (Wildman–Crippen LogP) is 8.80. The van der Waals surface area contributed by atoms with Crippen molar-refractivity contribution in [2.24, 2.45) is 0 Å². The zero-order valence-electron chi connectivity index (χ0n) is 18.1. The summed E-state index contributed by atoms with van der Waals surface area (Å²) in [5.41, 5.74) is 4.81. The van der Waals surface area contributed by atoms with Crippen molar-refractivity contribution >= 4 is 62.5 Å². The molecule has 0 unspecified atom stereocenters. The lowest BCUT2D eigenvalue weighted by Gasteiger charge is -2.23. The number of hydrogen-bond acceptors (Lipinski definition) is 2. The highest BCUT2D eigenvalue weighted by molar-refractivity contribution is 9.10. The lowest BCUT2D eigenvalue weighted by atomic mass is 10.1. The molecular formula is C28H18BrCl2NO2. The molecular weight excluding hydrogens is 533 g/mol. The van der Waals surface area contributed by atoms with E-state index in [0.29, 0.717) is 32.7 Å². The van der Waals surface area contributed by atoms with Gasteiger partial charge >= 0.3 is 0 Å². The Bertz CT molecular complexity index is 1470. The Labute approximate surface area is 216 Å². The summed E-state index contributed by atoms with van der Waals surface area (Å²) in [5.74, 6) is 1.01. The molecule has 3 nitrogen and oxygen atoms in total. The Hall–Kier alpha value is -3.05. The second-order valence-electron chi connectivity index (χ2n) is 7.89. The summed E-state index contributed by atoms with van der Waals surface area (Å²) < 4.78 is 6.97. The quantitative estimate of drug-likeness (QED) is 0.238. The second-order valence-corrected chi connectivity index (χ2v) is 9.65. The fourth-order valence-corrected chi connectivity index (χ4v) is 4.82. The van der Waals surface area contributed by atoms with E-state index in [1.807, 2.05) is 73.7 Å². The van der Waals surface area contributed by atoms with Crippen LogP contribution in [0.5, 0.6) is 0 Å². The van der Waals surface area contributed by atoms with Gasteiger partial charge in [-0.1, -0.05) is 69.5 Å². The first-order chi connectivity index (χ1) is 16.4. The van der Waals surface area contributed by atoms with Crippen LogP contribution >= 0.6 is 39.1 Å². The Balaban J connectivity index is 1.57. The molecule has 1 aromatic heterocycles.